The van der Waals surface area contributed by atoms with Gasteiger partial charge in [-0.25, -0.2) is 9.37 Å². The Balaban J connectivity index is 2.01. The van der Waals surface area contributed by atoms with Crippen molar-refractivity contribution in [3.63, 3.8) is 0 Å². The van der Waals surface area contributed by atoms with Crippen LogP contribution in [0.1, 0.15) is 5.56 Å². The molecule has 23 heavy (non-hydrogen) atoms. The van der Waals surface area contributed by atoms with E-state index in [4.69, 9.17) is 16.9 Å². The molecule has 0 spiro atoms. The van der Waals surface area contributed by atoms with Crippen LogP contribution in [-0.2, 0) is 0 Å². The predicted octanol–water partition coefficient (Wildman–Crippen LogP) is 5.05. The summed E-state index contributed by atoms with van der Waals surface area (Å²) >= 11 is 6.21. The number of aromatic nitrogens is 2. The summed E-state index contributed by atoms with van der Waals surface area (Å²) in [5.74, 6) is -0.450. The first-order valence-electron chi connectivity index (χ1n) is 6.94. The number of nitrogens with zero attached hydrogens (tertiary/aromatic N) is 2. The quantitative estimate of drug-likeness (QED) is 0.533. The number of para-hydroxylation sites is 1. The lowest BCUT2D eigenvalue weighted by molar-refractivity contribution is 0.629. The van der Waals surface area contributed by atoms with Crippen LogP contribution in [0.2, 0.25) is 5.02 Å². The predicted molar refractivity (Wildman–Crippen MR) is 88.7 cm³/mol. The number of hydrogen-bond acceptors (Lipinski definition) is 2. The molecule has 5 heteroatoms. The van der Waals surface area contributed by atoms with Gasteiger partial charge in [0.15, 0.2) is 0 Å². The molecule has 0 saturated heterocycles. The van der Waals surface area contributed by atoms with Crippen molar-refractivity contribution in [1.82, 2.24) is 9.97 Å². The highest BCUT2D eigenvalue weighted by molar-refractivity contribution is 6.35. The van der Waals surface area contributed by atoms with Crippen LogP contribution in [-0.4, -0.2) is 9.97 Å². The van der Waals surface area contributed by atoms with E-state index in [2.05, 4.69) is 9.97 Å². The fourth-order valence-electron chi connectivity index (χ4n) is 2.76. The average Bonchev–Trinajstić information content (AvgIpc) is 2.98. The molecule has 110 valence electrons. The van der Waals surface area contributed by atoms with Crippen LogP contribution in [0.3, 0.4) is 0 Å². The minimum atomic E-state index is -0.450. The van der Waals surface area contributed by atoms with E-state index < -0.39 is 5.82 Å². The van der Waals surface area contributed by atoms with E-state index in [0.29, 0.717) is 27.1 Å². The van der Waals surface area contributed by atoms with E-state index in [-0.39, 0.29) is 5.56 Å². The minimum absolute atomic E-state index is 0.269. The molecule has 4 rings (SSSR count). The van der Waals surface area contributed by atoms with Gasteiger partial charge in [-0.2, -0.15) is 5.26 Å². The molecule has 0 unspecified atom stereocenters. The van der Waals surface area contributed by atoms with Crippen LogP contribution in [0.15, 0.2) is 48.7 Å². The number of fused-ring (bicyclic) bond motifs is 2. The number of benzene rings is 2. The topological polar surface area (TPSA) is 52.5 Å². The highest BCUT2D eigenvalue weighted by Crippen LogP contribution is 2.32. The zero-order chi connectivity index (χ0) is 16.0. The van der Waals surface area contributed by atoms with Gasteiger partial charge in [0.05, 0.1) is 27.3 Å². The van der Waals surface area contributed by atoms with Crippen LogP contribution in [0.4, 0.5) is 4.39 Å². The van der Waals surface area contributed by atoms with Crippen LogP contribution in [0.5, 0.6) is 0 Å². The molecule has 0 aliphatic heterocycles. The first-order chi connectivity index (χ1) is 11.2. The van der Waals surface area contributed by atoms with Gasteiger partial charge in [-0.1, -0.05) is 29.8 Å². The molecule has 1 N–H and O–H groups in total. The number of hydrogen-bond donors (Lipinski definition) is 1. The SMILES string of the molecule is N#Cc1cc(F)cc2c(-c3ccc4cccc(Cl)c4n3)c[nH]c12. The van der Waals surface area contributed by atoms with Gasteiger partial charge in [0.25, 0.3) is 0 Å². The highest BCUT2D eigenvalue weighted by Gasteiger charge is 2.13. The molecule has 0 fully saturated rings. The highest BCUT2D eigenvalue weighted by atomic mass is 35.5. The Morgan fingerprint density at radius 3 is 2.87 bits per heavy atom. The molecule has 0 atom stereocenters. The summed E-state index contributed by atoms with van der Waals surface area (Å²) < 4.78 is 13.8. The first-order valence-corrected chi connectivity index (χ1v) is 7.31. The third-order valence-electron chi connectivity index (χ3n) is 3.82. The zero-order valence-electron chi connectivity index (χ0n) is 11.8. The molecule has 3 nitrogen and oxygen atoms in total. The third kappa shape index (κ3) is 2.14. The van der Waals surface area contributed by atoms with Crippen molar-refractivity contribution in [3.8, 4) is 17.3 Å². The summed E-state index contributed by atoms with van der Waals surface area (Å²) in [7, 11) is 0. The van der Waals surface area contributed by atoms with Crippen molar-refractivity contribution in [2.45, 2.75) is 0 Å². The number of halogens is 2. The van der Waals surface area contributed by atoms with Gasteiger partial charge >= 0.3 is 0 Å². The summed E-state index contributed by atoms with van der Waals surface area (Å²) in [6.07, 6.45) is 1.73. The van der Waals surface area contributed by atoms with Gasteiger partial charge in [-0.15, -0.1) is 0 Å². The second-order valence-electron chi connectivity index (χ2n) is 5.20. The second-order valence-corrected chi connectivity index (χ2v) is 5.61. The van der Waals surface area contributed by atoms with Gasteiger partial charge < -0.3 is 4.98 Å². The summed E-state index contributed by atoms with van der Waals surface area (Å²) in [6, 6.07) is 14.0. The van der Waals surface area contributed by atoms with E-state index in [1.807, 2.05) is 30.3 Å². The lowest BCUT2D eigenvalue weighted by Crippen LogP contribution is -1.86. The Bertz CT molecular complexity index is 1110. The normalized spacial score (nSPS) is 11.0. The molecule has 2 aromatic heterocycles. The summed E-state index contributed by atoms with van der Waals surface area (Å²) in [5.41, 5.74) is 2.97. The number of H-pyrrole nitrogens is 1. The van der Waals surface area contributed by atoms with Crippen LogP contribution >= 0.6 is 11.6 Å². The maximum Gasteiger partial charge on any atom is 0.125 e. The number of pyridine rings is 1. The maximum atomic E-state index is 13.8. The number of rotatable bonds is 1. The molecule has 0 aliphatic rings. The largest absolute Gasteiger partial charge is 0.359 e. The van der Waals surface area contributed by atoms with Crippen molar-refractivity contribution in [1.29, 1.82) is 5.26 Å². The van der Waals surface area contributed by atoms with Crippen LogP contribution in [0.25, 0.3) is 33.1 Å². The standard InChI is InChI=1S/C18H9ClFN3/c19-15-3-1-2-10-4-5-16(23-18(10)15)14-9-22-17-11(8-21)6-12(20)7-13(14)17/h1-7,9,22H. The first kappa shape index (κ1) is 13.7. The fourth-order valence-corrected chi connectivity index (χ4v) is 2.98. The maximum absolute atomic E-state index is 13.8. The van der Waals surface area contributed by atoms with E-state index in [0.717, 1.165) is 10.9 Å². The second kappa shape index (κ2) is 5.08. The van der Waals surface area contributed by atoms with Crippen LogP contribution in [0, 0.1) is 17.1 Å². The van der Waals surface area contributed by atoms with Crippen LogP contribution < -0.4 is 0 Å². The Hall–Kier alpha value is -2.90. The van der Waals surface area contributed by atoms with Gasteiger partial charge in [0, 0.05) is 22.5 Å². The van der Waals surface area contributed by atoms with E-state index >= 15 is 0 Å². The van der Waals surface area contributed by atoms with Gasteiger partial charge in [-0.05, 0) is 24.3 Å². The lowest BCUT2D eigenvalue weighted by Gasteiger charge is -2.04. The van der Waals surface area contributed by atoms with Crippen molar-refractivity contribution in [3.05, 3.63) is 65.1 Å². The van der Waals surface area contributed by atoms with Gasteiger partial charge in [-0.3, -0.25) is 0 Å². The molecule has 0 amide bonds. The smallest absolute Gasteiger partial charge is 0.125 e. The van der Waals surface area contributed by atoms with E-state index in [1.165, 1.54) is 12.1 Å². The molecule has 0 bridgehead atoms. The van der Waals surface area contributed by atoms with Crippen molar-refractivity contribution < 1.29 is 4.39 Å². The minimum Gasteiger partial charge on any atom is -0.359 e. The average molecular weight is 322 g/mol. The molecular formula is C18H9ClFN3. The van der Waals surface area contributed by atoms with Gasteiger partial charge in [0.2, 0.25) is 0 Å². The molecule has 0 saturated carbocycles. The molecule has 2 heterocycles. The van der Waals surface area contributed by atoms with Crippen molar-refractivity contribution >= 4 is 33.4 Å². The summed E-state index contributed by atoms with van der Waals surface area (Å²) in [6.45, 7) is 0. The molecule has 0 aliphatic carbocycles. The Labute approximate surface area is 136 Å². The number of nitrogens with one attached hydrogen (secondary N) is 1. The van der Waals surface area contributed by atoms with E-state index in [1.54, 1.807) is 12.3 Å². The monoisotopic (exact) mass is 321 g/mol. The Morgan fingerprint density at radius 2 is 2.04 bits per heavy atom. The lowest BCUT2D eigenvalue weighted by atomic mass is 10.1. The summed E-state index contributed by atoms with van der Waals surface area (Å²) in [5, 5.41) is 11.3. The fraction of sp³-hybridized carbons (Fsp3) is 0. The summed E-state index contributed by atoms with van der Waals surface area (Å²) in [4.78, 5) is 7.63. The number of aromatic amines is 1. The molecular weight excluding hydrogens is 313 g/mol. The molecule has 0 radical (unpaired) electrons. The van der Waals surface area contributed by atoms with Crippen molar-refractivity contribution in [2.24, 2.45) is 0 Å². The zero-order valence-corrected chi connectivity index (χ0v) is 12.5. The Kier molecular flexibility index (Phi) is 3.03. The number of nitriles is 1. The van der Waals surface area contributed by atoms with Crippen molar-refractivity contribution in [2.75, 3.05) is 0 Å². The van der Waals surface area contributed by atoms with Gasteiger partial charge in [0.1, 0.15) is 11.9 Å². The third-order valence-corrected chi connectivity index (χ3v) is 4.13. The molecule has 2 aromatic carbocycles. The van der Waals surface area contributed by atoms with E-state index in [9.17, 15) is 4.39 Å². The molecule has 4 aromatic rings. The Morgan fingerprint density at radius 1 is 1.17 bits per heavy atom.